The molecule has 0 bridgehead atoms. The minimum absolute atomic E-state index is 0.0462. The van der Waals surface area contributed by atoms with E-state index in [9.17, 15) is 4.79 Å². The predicted octanol–water partition coefficient (Wildman–Crippen LogP) is 1.41. The molecule has 0 aliphatic heterocycles. The summed E-state index contributed by atoms with van der Waals surface area (Å²) in [4.78, 5) is 30.3. The van der Waals surface area contributed by atoms with Crippen molar-refractivity contribution in [2.75, 3.05) is 20.7 Å². The summed E-state index contributed by atoms with van der Waals surface area (Å²) in [5.41, 5.74) is 1.83. The molecular weight excluding hydrogens is 298 g/mol. The van der Waals surface area contributed by atoms with Gasteiger partial charge < -0.3 is 15.0 Å². The van der Waals surface area contributed by atoms with Gasteiger partial charge in [-0.3, -0.25) is 14.8 Å². The van der Waals surface area contributed by atoms with E-state index in [1.807, 2.05) is 13.8 Å². The summed E-state index contributed by atoms with van der Waals surface area (Å²) < 4.78 is 0. The van der Waals surface area contributed by atoms with Gasteiger partial charge in [0.2, 0.25) is 0 Å². The van der Waals surface area contributed by atoms with Crippen molar-refractivity contribution in [2.24, 2.45) is 15.3 Å². The van der Waals surface area contributed by atoms with Crippen LogP contribution in [0.4, 0.5) is 0 Å². The Morgan fingerprint density at radius 2 is 2.04 bits per heavy atom. The largest absolute Gasteiger partial charge is 0.398 e. The molecule has 1 amide bonds. The molecule has 8 nitrogen and oxygen atoms in total. The van der Waals surface area contributed by atoms with Crippen LogP contribution in [0.1, 0.15) is 26.3 Å². The highest BCUT2D eigenvalue weighted by molar-refractivity contribution is 6.45. The van der Waals surface area contributed by atoms with Crippen LogP contribution in [-0.4, -0.2) is 48.7 Å². The van der Waals surface area contributed by atoms with Gasteiger partial charge in [0.1, 0.15) is 7.11 Å². The molecule has 0 aromatic carbocycles. The van der Waals surface area contributed by atoms with E-state index in [4.69, 9.17) is 9.68 Å². The number of aromatic nitrogens is 1. The van der Waals surface area contributed by atoms with Crippen LogP contribution in [-0.2, 0) is 9.63 Å². The lowest BCUT2D eigenvalue weighted by Crippen LogP contribution is -2.29. The molecule has 8 heteroatoms. The van der Waals surface area contributed by atoms with Crippen LogP contribution in [0.15, 0.2) is 33.8 Å². The van der Waals surface area contributed by atoms with Crippen LogP contribution in [0, 0.1) is 0 Å². The SMILES string of the molecule is CCN=C(C)/C(C)=N/Oc1ccncc1/C(=N/OC)C(=O)NC. The highest BCUT2D eigenvalue weighted by Gasteiger charge is 2.19. The van der Waals surface area contributed by atoms with Crippen LogP contribution < -0.4 is 10.2 Å². The monoisotopic (exact) mass is 319 g/mol. The summed E-state index contributed by atoms with van der Waals surface area (Å²) in [6, 6.07) is 1.59. The van der Waals surface area contributed by atoms with Crippen molar-refractivity contribution in [2.45, 2.75) is 20.8 Å². The number of nitrogens with zero attached hydrogens (tertiary/aromatic N) is 4. The minimum Gasteiger partial charge on any atom is -0.398 e. The number of pyridine rings is 1. The molecule has 1 heterocycles. The molecule has 0 aliphatic rings. The summed E-state index contributed by atoms with van der Waals surface area (Å²) >= 11 is 0. The number of hydrogen-bond acceptors (Lipinski definition) is 7. The van der Waals surface area contributed by atoms with E-state index in [0.29, 0.717) is 23.6 Å². The highest BCUT2D eigenvalue weighted by Crippen LogP contribution is 2.18. The van der Waals surface area contributed by atoms with Gasteiger partial charge in [-0.15, -0.1) is 0 Å². The van der Waals surface area contributed by atoms with Crippen molar-refractivity contribution >= 4 is 23.0 Å². The molecule has 0 fully saturated rings. The van der Waals surface area contributed by atoms with Crippen LogP contribution in [0.25, 0.3) is 0 Å². The molecule has 0 saturated carbocycles. The van der Waals surface area contributed by atoms with Gasteiger partial charge >= 0.3 is 0 Å². The molecule has 1 N–H and O–H groups in total. The van der Waals surface area contributed by atoms with Crippen LogP contribution >= 0.6 is 0 Å². The van der Waals surface area contributed by atoms with Gasteiger partial charge in [-0.05, 0) is 20.8 Å². The third-order valence-electron chi connectivity index (χ3n) is 2.86. The number of rotatable bonds is 7. The number of carbonyl (C=O) groups excluding carboxylic acids is 1. The standard InChI is InChI=1S/C15H21N5O3/c1-6-18-10(2)11(3)19-23-13-7-8-17-9-12(13)14(20-22-5)15(21)16-4/h7-9H,6H2,1-5H3,(H,16,21)/b18-10?,19-11+,20-14-. The second-order valence-electron chi connectivity index (χ2n) is 4.40. The maximum Gasteiger partial charge on any atom is 0.273 e. The Kier molecular flexibility index (Phi) is 7.38. The predicted molar refractivity (Wildman–Crippen MR) is 89.2 cm³/mol. The highest BCUT2D eigenvalue weighted by atomic mass is 16.6. The molecular formula is C15H21N5O3. The lowest BCUT2D eigenvalue weighted by atomic mass is 10.1. The van der Waals surface area contributed by atoms with Crippen molar-refractivity contribution in [1.82, 2.24) is 10.3 Å². The van der Waals surface area contributed by atoms with Crippen molar-refractivity contribution in [3.8, 4) is 5.75 Å². The van der Waals surface area contributed by atoms with Crippen molar-refractivity contribution in [3.63, 3.8) is 0 Å². The molecule has 1 aromatic rings. The number of aliphatic imine (C=N–C) groups is 1. The summed E-state index contributed by atoms with van der Waals surface area (Å²) in [5, 5.41) is 10.2. The van der Waals surface area contributed by atoms with Crippen LogP contribution in [0.3, 0.4) is 0 Å². The van der Waals surface area contributed by atoms with E-state index in [1.165, 1.54) is 26.6 Å². The topological polar surface area (TPSA) is 97.5 Å². The first-order valence-electron chi connectivity index (χ1n) is 7.05. The van der Waals surface area contributed by atoms with Crippen molar-refractivity contribution < 1.29 is 14.5 Å². The third kappa shape index (κ3) is 5.17. The second-order valence-corrected chi connectivity index (χ2v) is 4.40. The number of amides is 1. The van der Waals surface area contributed by atoms with E-state index in [-0.39, 0.29) is 5.71 Å². The summed E-state index contributed by atoms with van der Waals surface area (Å²) in [6.07, 6.45) is 2.99. The maximum absolute atomic E-state index is 11.9. The number of hydrogen-bond donors (Lipinski definition) is 1. The third-order valence-corrected chi connectivity index (χ3v) is 2.86. The van der Waals surface area contributed by atoms with Gasteiger partial charge in [-0.2, -0.15) is 0 Å². The van der Waals surface area contributed by atoms with Crippen LogP contribution in [0.2, 0.25) is 0 Å². The molecule has 0 atom stereocenters. The molecule has 0 aliphatic carbocycles. The number of oxime groups is 2. The fraction of sp³-hybridized carbons (Fsp3) is 0.400. The van der Waals surface area contributed by atoms with Crippen molar-refractivity contribution in [1.29, 1.82) is 0 Å². The van der Waals surface area contributed by atoms with E-state index in [2.05, 4.69) is 25.6 Å². The zero-order chi connectivity index (χ0) is 17.2. The number of nitrogens with one attached hydrogen (secondary N) is 1. The Labute approximate surface area is 135 Å². The Hall–Kier alpha value is -2.77. The smallest absolute Gasteiger partial charge is 0.273 e. The fourth-order valence-corrected chi connectivity index (χ4v) is 1.60. The Morgan fingerprint density at radius 3 is 2.65 bits per heavy atom. The zero-order valence-electron chi connectivity index (χ0n) is 14.0. The van der Waals surface area contributed by atoms with E-state index >= 15 is 0 Å². The first-order chi connectivity index (χ1) is 11.0. The molecule has 23 heavy (non-hydrogen) atoms. The van der Waals surface area contributed by atoms with E-state index < -0.39 is 5.91 Å². The maximum atomic E-state index is 11.9. The van der Waals surface area contributed by atoms with Gasteiger partial charge in [0.25, 0.3) is 5.91 Å². The van der Waals surface area contributed by atoms with Gasteiger partial charge in [-0.1, -0.05) is 10.3 Å². The number of likely N-dealkylation sites (N-methyl/N-ethyl adjacent to an activating group) is 1. The molecule has 0 spiro atoms. The Balaban J connectivity index is 3.15. The molecule has 0 radical (unpaired) electrons. The van der Waals surface area contributed by atoms with Gasteiger partial charge in [0.05, 0.1) is 17.0 Å². The fourth-order valence-electron chi connectivity index (χ4n) is 1.60. The summed E-state index contributed by atoms with van der Waals surface area (Å²) in [7, 11) is 2.85. The molecule has 1 rings (SSSR count). The normalized spacial score (nSPS) is 12.8. The summed E-state index contributed by atoms with van der Waals surface area (Å²) in [6.45, 7) is 6.25. The zero-order valence-corrected chi connectivity index (χ0v) is 14.0. The molecule has 124 valence electrons. The van der Waals surface area contributed by atoms with Gasteiger partial charge in [0, 0.05) is 32.1 Å². The Morgan fingerprint density at radius 1 is 1.30 bits per heavy atom. The first kappa shape index (κ1) is 18.3. The lowest BCUT2D eigenvalue weighted by Gasteiger charge is -2.08. The molecule has 0 unspecified atom stereocenters. The minimum atomic E-state index is -0.422. The molecule has 1 aromatic heterocycles. The molecule has 0 saturated heterocycles. The lowest BCUT2D eigenvalue weighted by molar-refractivity contribution is -0.114. The average molecular weight is 319 g/mol. The van der Waals surface area contributed by atoms with Crippen molar-refractivity contribution in [3.05, 3.63) is 24.0 Å². The summed E-state index contributed by atoms with van der Waals surface area (Å²) in [5.74, 6) is -0.0859. The van der Waals surface area contributed by atoms with Gasteiger partial charge in [-0.25, -0.2) is 0 Å². The van der Waals surface area contributed by atoms with E-state index in [0.717, 1.165) is 5.71 Å². The quantitative estimate of drug-likeness (QED) is 0.607. The van der Waals surface area contributed by atoms with Crippen LogP contribution in [0.5, 0.6) is 5.75 Å². The number of carbonyl (C=O) groups is 1. The van der Waals surface area contributed by atoms with E-state index in [1.54, 1.807) is 13.0 Å². The second kappa shape index (κ2) is 9.29. The van der Waals surface area contributed by atoms with Gasteiger partial charge in [0.15, 0.2) is 11.5 Å². The average Bonchev–Trinajstić information content (AvgIpc) is 2.57. The Bertz CT molecular complexity index is 638. The first-order valence-corrected chi connectivity index (χ1v) is 7.05.